The quantitative estimate of drug-likeness (QED) is 0.112. The van der Waals surface area contributed by atoms with Crippen molar-refractivity contribution in [1.29, 1.82) is 0 Å². The van der Waals surface area contributed by atoms with Gasteiger partial charge in [0, 0.05) is 49.8 Å². The standard InChI is InChI=1S/C76H51NO2/c1-76(2)72-56-40-37-50(49-22-16-26-55(45-49)77(54-24-7-4-8-25-54)67-34-18-32-63-59-29-12-14-36-69(59)79-75(63)67)43-52(56)39-42-64(72)71-60-30-10-9-27-57(60)66-46-51(38-41-61(66)73(71)76)48-21-15-23-53(44-48)70(47-19-5-3-6-20-47)65-33-17-31-62-58-28-11-13-35-68(58)78-74(62)65/h3-46,70H,1-2H3. The van der Waals surface area contributed by atoms with Gasteiger partial charge in [0.2, 0.25) is 0 Å². The van der Waals surface area contributed by atoms with Gasteiger partial charge in [-0.15, -0.1) is 0 Å². The molecule has 0 N–H and O–H groups in total. The van der Waals surface area contributed by atoms with Gasteiger partial charge in [0.05, 0.1) is 5.69 Å². The first-order valence-electron chi connectivity index (χ1n) is 27.4. The molecule has 1 aliphatic carbocycles. The molecule has 372 valence electrons. The Morgan fingerprint density at radius 1 is 0.342 bits per heavy atom. The second-order valence-electron chi connectivity index (χ2n) is 21.9. The molecule has 16 rings (SSSR count). The Labute approximate surface area is 457 Å². The summed E-state index contributed by atoms with van der Waals surface area (Å²) in [4.78, 5) is 2.32. The molecule has 15 aromatic rings. The summed E-state index contributed by atoms with van der Waals surface area (Å²) in [6.45, 7) is 4.88. The summed E-state index contributed by atoms with van der Waals surface area (Å²) in [5.41, 5.74) is 20.2. The van der Waals surface area contributed by atoms with Crippen LogP contribution in [-0.4, -0.2) is 0 Å². The van der Waals surface area contributed by atoms with Gasteiger partial charge >= 0.3 is 0 Å². The fourth-order valence-corrected chi connectivity index (χ4v) is 13.6. The van der Waals surface area contributed by atoms with Crippen molar-refractivity contribution in [2.24, 2.45) is 0 Å². The zero-order valence-electron chi connectivity index (χ0n) is 43.7. The number of benzene rings is 13. The van der Waals surface area contributed by atoms with Crippen LogP contribution < -0.4 is 4.90 Å². The molecule has 2 aromatic heterocycles. The summed E-state index contributed by atoms with van der Waals surface area (Å²) in [7, 11) is 0. The van der Waals surface area contributed by atoms with E-state index < -0.39 is 0 Å². The summed E-state index contributed by atoms with van der Waals surface area (Å²) < 4.78 is 13.3. The second-order valence-corrected chi connectivity index (χ2v) is 21.9. The van der Waals surface area contributed by atoms with Gasteiger partial charge in [-0.1, -0.05) is 226 Å². The highest BCUT2D eigenvalue weighted by Crippen LogP contribution is 2.57. The normalized spacial score (nSPS) is 13.2. The minimum Gasteiger partial charge on any atom is -0.456 e. The number of hydrogen-bond acceptors (Lipinski definition) is 3. The topological polar surface area (TPSA) is 29.5 Å². The minimum atomic E-state index is -0.288. The number of anilines is 3. The van der Waals surface area contributed by atoms with Crippen LogP contribution in [0.25, 0.3) is 110 Å². The molecule has 0 bridgehead atoms. The SMILES string of the molecule is CC1(C)c2c(ccc3cc(-c4cccc(N(c5ccccc5)c5cccc6c5oc5ccccc56)c4)ccc23)-c2c1c1ccc(-c3cccc(C(c4ccccc4)c4cccc5c4oc4ccccc45)c3)cc1c1ccccc21. The molecule has 1 aliphatic rings. The maximum atomic E-state index is 6.69. The third-order valence-electron chi connectivity index (χ3n) is 17.1. The largest absolute Gasteiger partial charge is 0.456 e. The second kappa shape index (κ2) is 17.5. The van der Waals surface area contributed by atoms with Crippen LogP contribution in [0, 0.1) is 0 Å². The summed E-state index contributed by atoms with van der Waals surface area (Å²) in [6.07, 6.45) is 0. The van der Waals surface area contributed by atoms with Crippen LogP contribution in [0.5, 0.6) is 0 Å². The molecule has 0 fully saturated rings. The molecule has 0 aliphatic heterocycles. The average molecular weight is 1010 g/mol. The average Bonchev–Trinajstić information content (AvgIpc) is 3.13. The highest BCUT2D eigenvalue weighted by atomic mass is 16.3. The molecule has 79 heavy (non-hydrogen) atoms. The number of fused-ring (bicyclic) bond motifs is 16. The van der Waals surface area contributed by atoms with Crippen molar-refractivity contribution in [2.75, 3.05) is 4.90 Å². The molecule has 3 heteroatoms. The van der Waals surface area contributed by atoms with Gasteiger partial charge in [0.15, 0.2) is 5.58 Å². The van der Waals surface area contributed by atoms with Crippen molar-refractivity contribution in [3.05, 3.63) is 295 Å². The first-order valence-corrected chi connectivity index (χ1v) is 27.4. The fraction of sp³-hybridized carbons (Fsp3) is 0.0526. The van der Waals surface area contributed by atoms with Crippen LogP contribution in [0.15, 0.2) is 276 Å². The number of hydrogen-bond donors (Lipinski definition) is 0. The molecule has 0 amide bonds. The number of rotatable bonds is 8. The Balaban J connectivity index is 0.792. The van der Waals surface area contributed by atoms with E-state index in [0.717, 1.165) is 72.1 Å². The van der Waals surface area contributed by atoms with Gasteiger partial charge in [-0.2, -0.15) is 0 Å². The molecule has 3 nitrogen and oxygen atoms in total. The summed E-state index contributed by atoms with van der Waals surface area (Å²) >= 11 is 0. The third-order valence-corrected chi connectivity index (χ3v) is 17.1. The third kappa shape index (κ3) is 6.99. The van der Waals surface area contributed by atoms with Gasteiger partial charge in [-0.25, -0.2) is 0 Å². The Bertz CT molecular complexity index is 4950. The highest BCUT2D eigenvalue weighted by molar-refractivity contribution is 6.20. The lowest BCUT2D eigenvalue weighted by molar-refractivity contribution is 0.661. The fourth-order valence-electron chi connectivity index (χ4n) is 13.6. The summed E-state index contributed by atoms with van der Waals surface area (Å²) in [5, 5.41) is 12.2. The van der Waals surface area contributed by atoms with E-state index in [4.69, 9.17) is 8.83 Å². The molecule has 2 heterocycles. The molecular weight excluding hydrogens is 959 g/mol. The molecular formula is C76H51NO2. The van der Waals surface area contributed by atoms with Crippen molar-refractivity contribution in [3.63, 3.8) is 0 Å². The van der Waals surface area contributed by atoms with Crippen molar-refractivity contribution >= 4 is 93.3 Å². The van der Waals surface area contributed by atoms with Gasteiger partial charge in [-0.05, 0) is 143 Å². The van der Waals surface area contributed by atoms with Gasteiger partial charge in [0.1, 0.15) is 16.7 Å². The molecule has 0 radical (unpaired) electrons. The molecule has 0 saturated carbocycles. The minimum absolute atomic E-state index is 0.0365. The lowest BCUT2D eigenvalue weighted by Crippen LogP contribution is -2.16. The monoisotopic (exact) mass is 1010 g/mol. The van der Waals surface area contributed by atoms with Crippen LogP contribution >= 0.6 is 0 Å². The molecule has 0 saturated heterocycles. The van der Waals surface area contributed by atoms with Crippen LogP contribution in [0.4, 0.5) is 17.1 Å². The lowest BCUT2D eigenvalue weighted by atomic mass is 9.77. The Morgan fingerprint density at radius 3 is 1.67 bits per heavy atom. The maximum Gasteiger partial charge on any atom is 0.159 e. The zero-order chi connectivity index (χ0) is 52.3. The number of furan rings is 2. The van der Waals surface area contributed by atoms with Crippen molar-refractivity contribution < 1.29 is 8.83 Å². The van der Waals surface area contributed by atoms with Gasteiger partial charge in [0.25, 0.3) is 0 Å². The predicted octanol–water partition coefficient (Wildman–Crippen LogP) is 21.2. The van der Waals surface area contributed by atoms with E-state index >= 15 is 0 Å². The van der Waals surface area contributed by atoms with Gasteiger partial charge in [-0.3, -0.25) is 0 Å². The first kappa shape index (κ1) is 45.3. The summed E-state index contributed by atoms with van der Waals surface area (Å²) in [5.74, 6) is -0.0365. The Morgan fingerprint density at radius 2 is 0.899 bits per heavy atom. The van der Waals surface area contributed by atoms with E-state index in [2.05, 4.69) is 274 Å². The predicted molar refractivity (Wildman–Crippen MR) is 330 cm³/mol. The highest BCUT2D eigenvalue weighted by Gasteiger charge is 2.40. The van der Waals surface area contributed by atoms with Crippen molar-refractivity contribution in [1.82, 2.24) is 0 Å². The molecule has 13 aromatic carbocycles. The van der Waals surface area contributed by atoms with E-state index in [9.17, 15) is 0 Å². The molecule has 1 unspecified atom stereocenters. The maximum absolute atomic E-state index is 6.69. The Hall–Kier alpha value is -9.96. The van der Waals surface area contributed by atoms with Crippen LogP contribution in [-0.2, 0) is 5.41 Å². The van der Waals surface area contributed by atoms with E-state index in [1.807, 2.05) is 12.1 Å². The van der Waals surface area contributed by atoms with E-state index in [1.165, 1.54) is 82.4 Å². The van der Waals surface area contributed by atoms with E-state index in [0.29, 0.717) is 0 Å². The van der Waals surface area contributed by atoms with Gasteiger partial charge < -0.3 is 13.7 Å². The number of nitrogens with zero attached hydrogens (tertiary/aromatic N) is 1. The Kier molecular flexibility index (Phi) is 10.0. The molecule has 1 atom stereocenters. The van der Waals surface area contributed by atoms with Crippen LogP contribution in [0.2, 0.25) is 0 Å². The smallest absolute Gasteiger partial charge is 0.159 e. The van der Waals surface area contributed by atoms with Crippen molar-refractivity contribution in [3.8, 4) is 33.4 Å². The van der Waals surface area contributed by atoms with Crippen LogP contribution in [0.3, 0.4) is 0 Å². The van der Waals surface area contributed by atoms with Crippen LogP contribution in [0.1, 0.15) is 47.6 Å². The lowest BCUT2D eigenvalue weighted by Gasteiger charge is -2.26. The summed E-state index contributed by atoms with van der Waals surface area (Å²) in [6, 6.07) is 97.4. The van der Waals surface area contributed by atoms with E-state index in [-0.39, 0.29) is 11.3 Å². The van der Waals surface area contributed by atoms with E-state index in [1.54, 1.807) is 0 Å². The number of para-hydroxylation sites is 5. The zero-order valence-corrected chi connectivity index (χ0v) is 43.7. The van der Waals surface area contributed by atoms with Crippen molar-refractivity contribution in [2.45, 2.75) is 25.2 Å². The molecule has 0 spiro atoms. The first-order chi connectivity index (χ1) is 38.9.